The molecule has 0 bridgehead atoms. The summed E-state index contributed by atoms with van der Waals surface area (Å²) in [6.07, 6.45) is 0. The molecule has 0 unspecified atom stereocenters. The smallest absolute Gasteiger partial charge is 0.118 e. The molecule has 0 spiro atoms. The third-order valence-corrected chi connectivity index (χ3v) is 2.14. The standard InChI is InChI=1S/C10H14O3/c1-7-3-4-8(5-9(7)12)10(2,13)6-11/h3-5,11-13H,6H2,1-2H3/t10-/m1/s1. The zero-order valence-corrected chi connectivity index (χ0v) is 7.78. The number of rotatable bonds is 2. The van der Waals surface area contributed by atoms with E-state index in [0.717, 1.165) is 5.56 Å². The van der Waals surface area contributed by atoms with Gasteiger partial charge in [-0.25, -0.2) is 0 Å². The average molecular weight is 182 g/mol. The molecule has 0 amide bonds. The van der Waals surface area contributed by atoms with Crippen LogP contribution in [0.2, 0.25) is 0 Å². The van der Waals surface area contributed by atoms with Crippen molar-refractivity contribution < 1.29 is 15.3 Å². The Balaban J connectivity index is 3.10. The lowest BCUT2D eigenvalue weighted by Gasteiger charge is -2.21. The fourth-order valence-corrected chi connectivity index (χ4v) is 1.04. The van der Waals surface area contributed by atoms with Crippen LogP contribution in [0, 0.1) is 6.92 Å². The van der Waals surface area contributed by atoms with Crippen LogP contribution in [0.3, 0.4) is 0 Å². The summed E-state index contributed by atoms with van der Waals surface area (Å²) < 4.78 is 0. The summed E-state index contributed by atoms with van der Waals surface area (Å²) in [5, 5.41) is 27.9. The molecule has 72 valence electrons. The molecule has 1 aromatic rings. The minimum atomic E-state index is -1.29. The van der Waals surface area contributed by atoms with E-state index in [4.69, 9.17) is 5.11 Å². The van der Waals surface area contributed by atoms with Crippen molar-refractivity contribution in [3.05, 3.63) is 29.3 Å². The molecule has 1 atom stereocenters. The van der Waals surface area contributed by atoms with Crippen molar-refractivity contribution in [3.8, 4) is 5.75 Å². The molecular weight excluding hydrogens is 168 g/mol. The van der Waals surface area contributed by atoms with E-state index in [0.29, 0.717) is 5.56 Å². The van der Waals surface area contributed by atoms with Gasteiger partial charge in [-0.3, -0.25) is 0 Å². The molecule has 1 rings (SSSR count). The van der Waals surface area contributed by atoms with E-state index in [-0.39, 0.29) is 12.4 Å². The van der Waals surface area contributed by atoms with Gasteiger partial charge in [0.2, 0.25) is 0 Å². The number of aliphatic hydroxyl groups is 2. The molecule has 3 nitrogen and oxygen atoms in total. The van der Waals surface area contributed by atoms with Crippen molar-refractivity contribution in [1.29, 1.82) is 0 Å². The second-order valence-electron chi connectivity index (χ2n) is 3.43. The summed E-state index contributed by atoms with van der Waals surface area (Å²) in [7, 11) is 0. The monoisotopic (exact) mass is 182 g/mol. The maximum absolute atomic E-state index is 9.65. The van der Waals surface area contributed by atoms with E-state index in [2.05, 4.69) is 0 Å². The number of aliphatic hydroxyl groups excluding tert-OH is 1. The number of phenolic OH excluding ortho intramolecular Hbond substituents is 1. The summed E-state index contributed by atoms with van der Waals surface area (Å²) in [5.41, 5.74) is -0.0267. The first-order valence-corrected chi connectivity index (χ1v) is 4.11. The van der Waals surface area contributed by atoms with E-state index in [9.17, 15) is 10.2 Å². The van der Waals surface area contributed by atoms with E-state index in [1.54, 1.807) is 19.1 Å². The Morgan fingerprint density at radius 2 is 2.00 bits per heavy atom. The molecule has 0 saturated carbocycles. The van der Waals surface area contributed by atoms with Crippen molar-refractivity contribution >= 4 is 0 Å². The Morgan fingerprint density at radius 1 is 1.38 bits per heavy atom. The molecule has 0 aliphatic rings. The lowest BCUT2D eigenvalue weighted by atomic mass is 9.96. The van der Waals surface area contributed by atoms with Gasteiger partial charge in [0.25, 0.3) is 0 Å². The summed E-state index contributed by atoms with van der Waals surface area (Å²) >= 11 is 0. The molecule has 0 aliphatic carbocycles. The lowest BCUT2D eigenvalue weighted by molar-refractivity contribution is -0.00243. The first kappa shape index (κ1) is 10.0. The third-order valence-electron chi connectivity index (χ3n) is 2.14. The van der Waals surface area contributed by atoms with Gasteiger partial charge in [-0.1, -0.05) is 12.1 Å². The molecule has 3 N–H and O–H groups in total. The predicted octanol–water partition coefficient (Wildman–Crippen LogP) is 0.900. The van der Waals surface area contributed by atoms with Crippen molar-refractivity contribution in [2.45, 2.75) is 19.4 Å². The Hall–Kier alpha value is -1.06. The van der Waals surface area contributed by atoms with Gasteiger partial charge in [0, 0.05) is 0 Å². The topological polar surface area (TPSA) is 60.7 Å². The van der Waals surface area contributed by atoms with Crippen LogP contribution in [0.15, 0.2) is 18.2 Å². The quantitative estimate of drug-likeness (QED) is 0.636. The number of hydrogen-bond donors (Lipinski definition) is 3. The van der Waals surface area contributed by atoms with Crippen molar-refractivity contribution in [2.75, 3.05) is 6.61 Å². The first-order valence-electron chi connectivity index (χ1n) is 4.11. The fourth-order valence-electron chi connectivity index (χ4n) is 1.04. The van der Waals surface area contributed by atoms with Crippen LogP contribution in [-0.4, -0.2) is 21.9 Å². The lowest BCUT2D eigenvalue weighted by Crippen LogP contribution is -2.25. The highest BCUT2D eigenvalue weighted by Gasteiger charge is 2.22. The van der Waals surface area contributed by atoms with Gasteiger partial charge in [-0.2, -0.15) is 0 Å². The van der Waals surface area contributed by atoms with Gasteiger partial charge in [-0.05, 0) is 31.0 Å². The van der Waals surface area contributed by atoms with E-state index in [1.165, 1.54) is 13.0 Å². The average Bonchev–Trinajstić information content (AvgIpc) is 2.09. The zero-order valence-electron chi connectivity index (χ0n) is 7.78. The van der Waals surface area contributed by atoms with E-state index < -0.39 is 5.60 Å². The fraction of sp³-hybridized carbons (Fsp3) is 0.400. The molecule has 0 saturated heterocycles. The number of aromatic hydroxyl groups is 1. The molecule has 0 heterocycles. The van der Waals surface area contributed by atoms with Gasteiger partial charge in [0.1, 0.15) is 11.4 Å². The Kier molecular flexibility index (Phi) is 2.59. The normalized spacial score (nSPS) is 15.4. The Morgan fingerprint density at radius 3 is 2.46 bits per heavy atom. The van der Waals surface area contributed by atoms with Crippen molar-refractivity contribution in [3.63, 3.8) is 0 Å². The van der Waals surface area contributed by atoms with Crippen LogP contribution >= 0.6 is 0 Å². The molecular formula is C10H14O3. The highest BCUT2D eigenvalue weighted by molar-refractivity contribution is 5.37. The van der Waals surface area contributed by atoms with Crippen molar-refractivity contribution in [2.24, 2.45) is 0 Å². The second kappa shape index (κ2) is 3.36. The van der Waals surface area contributed by atoms with Crippen LogP contribution in [0.5, 0.6) is 5.75 Å². The maximum atomic E-state index is 9.65. The minimum absolute atomic E-state index is 0.131. The molecule has 3 heteroatoms. The van der Waals surface area contributed by atoms with Crippen LogP contribution in [0.1, 0.15) is 18.1 Å². The maximum Gasteiger partial charge on any atom is 0.118 e. The molecule has 0 radical (unpaired) electrons. The number of benzene rings is 1. The minimum Gasteiger partial charge on any atom is -0.508 e. The van der Waals surface area contributed by atoms with Gasteiger partial charge < -0.3 is 15.3 Å². The largest absolute Gasteiger partial charge is 0.508 e. The molecule has 1 aromatic carbocycles. The summed E-state index contributed by atoms with van der Waals surface area (Å²) in [6, 6.07) is 4.85. The first-order chi connectivity index (χ1) is 5.97. The summed E-state index contributed by atoms with van der Waals surface area (Å²) in [6.45, 7) is 2.90. The summed E-state index contributed by atoms with van der Waals surface area (Å²) in [5.74, 6) is 0.131. The zero-order chi connectivity index (χ0) is 10.1. The highest BCUT2D eigenvalue weighted by atomic mass is 16.3. The molecule has 0 fully saturated rings. The number of hydrogen-bond acceptors (Lipinski definition) is 3. The van der Waals surface area contributed by atoms with Gasteiger partial charge in [0.15, 0.2) is 0 Å². The van der Waals surface area contributed by atoms with Crippen LogP contribution in [0.25, 0.3) is 0 Å². The third kappa shape index (κ3) is 1.99. The Bertz CT molecular complexity index is 305. The highest BCUT2D eigenvalue weighted by Crippen LogP contribution is 2.25. The van der Waals surface area contributed by atoms with Gasteiger partial charge in [0.05, 0.1) is 6.61 Å². The van der Waals surface area contributed by atoms with E-state index >= 15 is 0 Å². The molecule has 13 heavy (non-hydrogen) atoms. The summed E-state index contributed by atoms with van der Waals surface area (Å²) in [4.78, 5) is 0. The Labute approximate surface area is 77.3 Å². The van der Waals surface area contributed by atoms with Gasteiger partial charge in [-0.15, -0.1) is 0 Å². The van der Waals surface area contributed by atoms with Crippen molar-refractivity contribution in [1.82, 2.24) is 0 Å². The molecule has 0 aromatic heterocycles. The number of phenols is 1. The van der Waals surface area contributed by atoms with Gasteiger partial charge >= 0.3 is 0 Å². The van der Waals surface area contributed by atoms with Crippen LogP contribution < -0.4 is 0 Å². The number of aryl methyl sites for hydroxylation is 1. The molecule has 0 aliphatic heterocycles. The van der Waals surface area contributed by atoms with Crippen LogP contribution in [0.4, 0.5) is 0 Å². The second-order valence-corrected chi connectivity index (χ2v) is 3.43. The predicted molar refractivity (Wildman–Crippen MR) is 49.5 cm³/mol. The van der Waals surface area contributed by atoms with E-state index in [1.807, 2.05) is 0 Å². The SMILES string of the molecule is Cc1ccc([C@](C)(O)CO)cc1O. The van der Waals surface area contributed by atoms with Crippen LogP contribution in [-0.2, 0) is 5.60 Å².